The molecular formula is C9H19NO2. The first-order chi connectivity index (χ1) is 5.56. The molecule has 3 heteroatoms. The van der Waals surface area contributed by atoms with Crippen LogP contribution in [0.4, 0.5) is 0 Å². The van der Waals surface area contributed by atoms with Gasteiger partial charge in [0.05, 0.1) is 12.7 Å². The van der Waals surface area contributed by atoms with Gasteiger partial charge in [0, 0.05) is 24.5 Å². The first-order valence-corrected chi connectivity index (χ1v) is 4.40. The number of methoxy groups -OCH3 is 1. The molecule has 0 radical (unpaired) electrons. The average Bonchev–Trinajstić information content (AvgIpc) is 2.72. The third kappa shape index (κ3) is 1.08. The summed E-state index contributed by atoms with van der Waals surface area (Å²) >= 11 is 0. The van der Waals surface area contributed by atoms with Gasteiger partial charge in [0.15, 0.2) is 0 Å². The van der Waals surface area contributed by atoms with Gasteiger partial charge >= 0.3 is 0 Å². The fourth-order valence-electron chi connectivity index (χ4n) is 2.10. The lowest BCUT2D eigenvalue weighted by Crippen LogP contribution is -2.32. The second-order valence-electron chi connectivity index (χ2n) is 4.11. The second kappa shape index (κ2) is 2.98. The van der Waals surface area contributed by atoms with E-state index < -0.39 is 0 Å². The molecule has 1 rings (SSSR count). The summed E-state index contributed by atoms with van der Waals surface area (Å²) in [6, 6.07) is 0. The zero-order valence-corrected chi connectivity index (χ0v) is 8.13. The SMILES string of the molecule is COC(C)C1(C)CC1(CN)CO. The van der Waals surface area contributed by atoms with Crippen LogP contribution in [0.15, 0.2) is 0 Å². The van der Waals surface area contributed by atoms with Gasteiger partial charge in [-0.05, 0) is 13.3 Å². The summed E-state index contributed by atoms with van der Waals surface area (Å²) in [6.45, 7) is 4.89. The highest BCUT2D eigenvalue weighted by atomic mass is 16.5. The van der Waals surface area contributed by atoms with Gasteiger partial charge in [0.2, 0.25) is 0 Å². The van der Waals surface area contributed by atoms with Crippen LogP contribution in [0.25, 0.3) is 0 Å². The minimum atomic E-state index is -0.0809. The maximum absolute atomic E-state index is 9.20. The summed E-state index contributed by atoms with van der Waals surface area (Å²) in [4.78, 5) is 0. The third-order valence-electron chi connectivity index (χ3n) is 3.74. The highest BCUT2D eigenvalue weighted by Gasteiger charge is 2.65. The van der Waals surface area contributed by atoms with Gasteiger partial charge in [-0.3, -0.25) is 0 Å². The number of hydrogen-bond donors (Lipinski definition) is 2. The van der Waals surface area contributed by atoms with Crippen LogP contribution in [0.3, 0.4) is 0 Å². The zero-order valence-electron chi connectivity index (χ0n) is 8.13. The third-order valence-corrected chi connectivity index (χ3v) is 3.74. The molecule has 0 aromatic carbocycles. The van der Waals surface area contributed by atoms with Gasteiger partial charge in [-0.25, -0.2) is 0 Å². The van der Waals surface area contributed by atoms with E-state index in [-0.39, 0.29) is 23.5 Å². The molecule has 3 nitrogen and oxygen atoms in total. The van der Waals surface area contributed by atoms with Crippen molar-refractivity contribution in [2.45, 2.75) is 26.4 Å². The fraction of sp³-hybridized carbons (Fsp3) is 1.00. The Balaban J connectivity index is 2.67. The molecule has 0 aliphatic heterocycles. The van der Waals surface area contributed by atoms with E-state index in [9.17, 15) is 5.11 Å². The Morgan fingerprint density at radius 2 is 2.25 bits per heavy atom. The summed E-state index contributed by atoms with van der Waals surface area (Å²) in [5.74, 6) is 0. The van der Waals surface area contributed by atoms with Crippen molar-refractivity contribution in [3.63, 3.8) is 0 Å². The van der Waals surface area contributed by atoms with Crippen molar-refractivity contribution in [1.82, 2.24) is 0 Å². The summed E-state index contributed by atoms with van der Waals surface area (Å²) in [5.41, 5.74) is 5.63. The fourth-order valence-corrected chi connectivity index (χ4v) is 2.10. The predicted molar refractivity (Wildman–Crippen MR) is 47.8 cm³/mol. The van der Waals surface area contributed by atoms with E-state index in [1.54, 1.807) is 7.11 Å². The van der Waals surface area contributed by atoms with Crippen molar-refractivity contribution < 1.29 is 9.84 Å². The Kier molecular flexibility index (Phi) is 2.47. The zero-order chi connectivity index (χ0) is 9.41. The van der Waals surface area contributed by atoms with Crippen LogP contribution in [0, 0.1) is 10.8 Å². The molecule has 0 aromatic rings. The standard InChI is InChI=1S/C9H19NO2/c1-7(12-3)8(2)4-9(8,5-10)6-11/h7,11H,4-6,10H2,1-3H3. The van der Waals surface area contributed by atoms with Crippen molar-refractivity contribution in [3.8, 4) is 0 Å². The molecule has 72 valence electrons. The van der Waals surface area contributed by atoms with Crippen LogP contribution in [0.2, 0.25) is 0 Å². The Bertz CT molecular complexity index is 168. The molecule has 1 aliphatic carbocycles. The first-order valence-electron chi connectivity index (χ1n) is 4.40. The lowest BCUT2D eigenvalue weighted by atomic mass is 9.90. The molecule has 0 heterocycles. The van der Waals surface area contributed by atoms with E-state index in [1.165, 1.54) is 0 Å². The van der Waals surface area contributed by atoms with Crippen molar-refractivity contribution >= 4 is 0 Å². The lowest BCUT2D eigenvalue weighted by molar-refractivity contribution is 0.0312. The van der Waals surface area contributed by atoms with E-state index in [1.807, 2.05) is 6.92 Å². The summed E-state index contributed by atoms with van der Waals surface area (Å²) in [7, 11) is 1.70. The smallest absolute Gasteiger partial charge is 0.0603 e. The number of nitrogens with two attached hydrogens (primary N) is 1. The molecule has 0 spiro atoms. The highest BCUT2D eigenvalue weighted by molar-refractivity contribution is 5.15. The molecule has 1 fully saturated rings. The Morgan fingerprint density at radius 3 is 2.50 bits per heavy atom. The van der Waals surface area contributed by atoms with Crippen LogP contribution >= 0.6 is 0 Å². The van der Waals surface area contributed by atoms with Crippen LogP contribution < -0.4 is 5.73 Å². The summed E-state index contributed by atoms with van der Waals surface area (Å²) < 4.78 is 5.27. The van der Waals surface area contributed by atoms with Crippen LogP contribution in [-0.2, 0) is 4.74 Å². The normalized spacial score (nSPS) is 42.8. The summed E-state index contributed by atoms with van der Waals surface area (Å²) in [6.07, 6.45) is 1.15. The average molecular weight is 173 g/mol. The maximum Gasteiger partial charge on any atom is 0.0603 e. The van der Waals surface area contributed by atoms with Crippen molar-refractivity contribution in [2.24, 2.45) is 16.6 Å². The van der Waals surface area contributed by atoms with Gasteiger partial charge in [0.25, 0.3) is 0 Å². The van der Waals surface area contributed by atoms with Crippen molar-refractivity contribution in [1.29, 1.82) is 0 Å². The Morgan fingerprint density at radius 1 is 1.67 bits per heavy atom. The molecular weight excluding hydrogens is 154 g/mol. The van der Waals surface area contributed by atoms with Gasteiger partial charge in [-0.15, -0.1) is 0 Å². The van der Waals surface area contributed by atoms with Crippen molar-refractivity contribution in [2.75, 3.05) is 20.3 Å². The molecule has 0 saturated heterocycles. The summed E-state index contributed by atoms with van der Waals surface area (Å²) in [5, 5.41) is 9.20. The van der Waals surface area contributed by atoms with E-state index in [0.717, 1.165) is 6.42 Å². The number of aliphatic hydroxyl groups excluding tert-OH is 1. The van der Waals surface area contributed by atoms with Gasteiger partial charge in [0.1, 0.15) is 0 Å². The number of hydrogen-bond acceptors (Lipinski definition) is 3. The molecule has 3 unspecified atom stereocenters. The molecule has 0 amide bonds. The van der Waals surface area contributed by atoms with E-state index >= 15 is 0 Å². The van der Waals surface area contributed by atoms with Crippen LogP contribution in [0.1, 0.15) is 20.3 Å². The number of ether oxygens (including phenoxy) is 1. The number of rotatable bonds is 4. The Labute approximate surface area is 73.9 Å². The van der Waals surface area contributed by atoms with Gasteiger partial charge in [-0.2, -0.15) is 0 Å². The molecule has 1 saturated carbocycles. The molecule has 0 bridgehead atoms. The largest absolute Gasteiger partial charge is 0.396 e. The van der Waals surface area contributed by atoms with E-state index in [4.69, 9.17) is 10.5 Å². The second-order valence-corrected chi connectivity index (χ2v) is 4.11. The minimum Gasteiger partial charge on any atom is -0.396 e. The van der Waals surface area contributed by atoms with Crippen LogP contribution in [-0.4, -0.2) is 31.5 Å². The van der Waals surface area contributed by atoms with Gasteiger partial charge < -0.3 is 15.6 Å². The van der Waals surface area contributed by atoms with Gasteiger partial charge in [-0.1, -0.05) is 6.92 Å². The van der Waals surface area contributed by atoms with E-state index in [2.05, 4.69) is 6.92 Å². The molecule has 1 aliphatic rings. The Hall–Kier alpha value is -0.120. The molecule has 12 heavy (non-hydrogen) atoms. The minimum absolute atomic E-state index is 0.0747. The quantitative estimate of drug-likeness (QED) is 0.645. The molecule has 0 aromatic heterocycles. The maximum atomic E-state index is 9.20. The number of aliphatic hydroxyl groups is 1. The highest BCUT2D eigenvalue weighted by Crippen LogP contribution is 2.65. The lowest BCUT2D eigenvalue weighted by Gasteiger charge is -2.24. The monoisotopic (exact) mass is 173 g/mol. The van der Waals surface area contributed by atoms with Crippen molar-refractivity contribution in [3.05, 3.63) is 0 Å². The predicted octanol–water partition coefficient (Wildman–Crippen LogP) is 0.369. The first kappa shape index (κ1) is 9.96. The molecule has 3 atom stereocenters. The van der Waals surface area contributed by atoms with Crippen LogP contribution in [0.5, 0.6) is 0 Å². The van der Waals surface area contributed by atoms with E-state index in [0.29, 0.717) is 6.54 Å². The topological polar surface area (TPSA) is 55.5 Å². The molecule has 3 N–H and O–H groups in total.